The van der Waals surface area contributed by atoms with Crippen LogP contribution < -0.4 is 5.14 Å². The number of aromatic nitrogens is 2. The normalized spacial score (nSPS) is 22.5. The van der Waals surface area contributed by atoms with Crippen molar-refractivity contribution in [2.24, 2.45) is 12.2 Å². The van der Waals surface area contributed by atoms with Crippen LogP contribution in [0.2, 0.25) is 0 Å². The average Bonchev–Trinajstić information content (AvgIpc) is 2.75. The topological polar surface area (TPSA) is 115 Å². The van der Waals surface area contributed by atoms with Gasteiger partial charge in [0.25, 0.3) is 10.0 Å². The van der Waals surface area contributed by atoms with E-state index >= 15 is 0 Å². The number of rotatable bonds is 3. The van der Waals surface area contributed by atoms with Crippen LogP contribution in [-0.2, 0) is 27.1 Å². The van der Waals surface area contributed by atoms with Crippen LogP contribution >= 0.6 is 0 Å². The number of hydrogen-bond acceptors (Lipinski definition) is 5. The van der Waals surface area contributed by atoms with Gasteiger partial charge in [0.05, 0.1) is 11.4 Å². The molecule has 0 aliphatic carbocycles. The number of primary sulfonamides is 1. The molecule has 1 atom stereocenters. The van der Waals surface area contributed by atoms with Gasteiger partial charge in [0.2, 0.25) is 10.0 Å². The Bertz CT molecular complexity index is 664. The van der Waals surface area contributed by atoms with Gasteiger partial charge in [-0.3, -0.25) is 4.68 Å². The second-order valence-electron chi connectivity index (χ2n) is 4.51. The van der Waals surface area contributed by atoms with Crippen molar-refractivity contribution in [3.05, 3.63) is 12.3 Å². The molecule has 0 amide bonds. The summed E-state index contributed by atoms with van der Waals surface area (Å²) in [5.41, 5.74) is 0. The number of nitrogens with zero attached hydrogens (tertiary/aromatic N) is 3. The van der Waals surface area contributed by atoms with Crippen molar-refractivity contribution in [2.45, 2.75) is 23.1 Å². The largest absolute Gasteiger partial charge is 0.260 e. The SMILES string of the molecule is Cn1nccc1S(=O)(=O)N1CCCC(S(N)(=O)=O)C1. The van der Waals surface area contributed by atoms with Crippen LogP contribution in [-0.4, -0.2) is 49.3 Å². The van der Waals surface area contributed by atoms with Gasteiger partial charge in [0.15, 0.2) is 5.03 Å². The van der Waals surface area contributed by atoms with Crippen molar-refractivity contribution < 1.29 is 16.8 Å². The molecule has 19 heavy (non-hydrogen) atoms. The molecule has 0 saturated carbocycles. The van der Waals surface area contributed by atoms with Crippen LogP contribution in [0, 0.1) is 0 Å². The molecule has 2 rings (SSSR count). The van der Waals surface area contributed by atoms with Crippen molar-refractivity contribution in [2.75, 3.05) is 13.1 Å². The van der Waals surface area contributed by atoms with Gasteiger partial charge in [-0.1, -0.05) is 0 Å². The van der Waals surface area contributed by atoms with Crippen LogP contribution in [0.15, 0.2) is 17.3 Å². The molecule has 10 heteroatoms. The maximum absolute atomic E-state index is 12.4. The van der Waals surface area contributed by atoms with Crippen LogP contribution in [0.5, 0.6) is 0 Å². The Hall–Kier alpha value is -0.970. The zero-order chi connectivity index (χ0) is 14.3. The van der Waals surface area contributed by atoms with E-state index in [0.717, 1.165) is 4.31 Å². The predicted molar refractivity (Wildman–Crippen MR) is 68.1 cm³/mol. The Morgan fingerprint density at radius 1 is 1.37 bits per heavy atom. The highest BCUT2D eigenvalue weighted by Crippen LogP contribution is 2.22. The van der Waals surface area contributed by atoms with E-state index in [1.54, 1.807) is 0 Å². The highest BCUT2D eigenvalue weighted by atomic mass is 32.2. The lowest BCUT2D eigenvalue weighted by atomic mass is 10.2. The summed E-state index contributed by atoms with van der Waals surface area (Å²) in [6.45, 7) is 0.186. The van der Waals surface area contributed by atoms with E-state index in [1.807, 2.05) is 0 Å². The number of piperidine rings is 1. The highest BCUT2D eigenvalue weighted by molar-refractivity contribution is 7.90. The monoisotopic (exact) mass is 308 g/mol. The fraction of sp³-hybridized carbons (Fsp3) is 0.667. The average molecular weight is 308 g/mol. The fourth-order valence-corrected chi connectivity index (χ4v) is 4.74. The Morgan fingerprint density at radius 2 is 2.05 bits per heavy atom. The van der Waals surface area contributed by atoms with Gasteiger partial charge in [0, 0.05) is 20.1 Å². The second-order valence-corrected chi connectivity index (χ2v) is 8.24. The first-order valence-electron chi connectivity index (χ1n) is 5.72. The molecular formula is C9H16N4O4S2. The molecule has 0 radical (unpaired) electrons. The van der Waals surface area contributed by atoms with Crippen molar-refractivity contribution in [3.63, 3.8) is 0 Å². The van der Waals surface area contributed by atoms with Crippen molar-refractivity contribution >= 4 is 20.0 Å². The third-order valence-electron chi connectivity index (χ3n) is 3.19. The summed E-state index contributed by atoms with van der Waals surface area (Å²) in [5, 5.41) is 8.11. The first-order chi connectivity index (χ1) is 8.73. The summed E-state index contributed by atoms with van der Waals surface area (Å²) in [6.07, 6.45) is 2.24. The Morgan fingerprint density at radius 3 is 2.58 bits per heavy atom. The van der Waals surface area contributed by atoms with Crippen LogP contribution in [0.1, 0.15) is 12.8 Å². The lowest BCUT2D eigenvalue weighted by Gasteiger charge is -2.30. The van der Waals surface area contributed by atoms with E-state index < -0.39 is 25.3 Å². The molecule has 1 aliphatic rings. The third kappa shape index (κ3) is 2.81. The van der Waals surface area contributed by atoms with Gasteiger partial charge >= 0.3 is 0 Å². The zero-order valence-corrected chi connectivity index (χ0v) is 12.1. The smallest absolute Gasteiger partial charge is 0.256 e. The first kappa shape index (κ1) is 14.4. The molecule has 1 aromatic rings. The highest BCUT2D eigenvalue weighted by Gasteiger charge is 2.35. The maximum Gasteiger partial charge on any atom is 0.260 e. The van der Waals surface area contributed by atoms with Gasteiger partial charge in [-0.15, -0.1) is 0 Å². The van der Waals surface area contributed by atoms with Crippen LogP contribution in [0.25, 0.3) is 0 Å². The molecule has 8 nitrogen and oxygen atoms in total. The van der Waals surface area contributed by atoms with E-state index in [1.165, 1.54) is 24.0 Å². The van der Waals surface area contributed by atoms with Crippen molar-refractivity contribution in [3.8, 4) is 0 Å². The van der Waals surface area contributed by atoms with Crippen molar-refractivity contribution in [1.29, 1.82) is 0 Å². The van der Waals surface area contributed by atoms with Crippen LogP contribution in [0.4, 0.5) is 0 Å². The molecule has 1 aliphatic heterocycles. The molecule has 1 fully saturated rings. The van der Waals surface area contributed by atoms with Gasteiger partial charge in [-0.05, 0) is 18.9 Å². The third-order valence-corrected chi connectivity index (χ3v) is 6.44. The van der Waals surface area contributed by atoms with Gasteiger partial charge < -0.3 is 0 Å². The summed E-state index contributed by atoms with van der Waals surface area (Å²) in [6, 6.07) is 1.38. The summed E-state index contributed by atoms with van der Waals surface area (Å²) < 4.78 is 49.8. The Labute approximate surface area is 112 Å². The molecule has 2 N–H and O–H groups in total. The fourth-order valence-electron chi connectivity index (χ4n) is 2.14. The first-order valence-corrected chi connectivity index (χ1v) is 8.77. The number of sulfonamides is 2. The predicted octanol–water partition coefficient (Wildman–Crippen LogP) is -1.14. The minimum atomic E-state index is -3.73. The lowest BCUT2D eigenvalue weighted by Crippen LogP contribution is -2.47. The molecular weight excluding hydrogens is 292 g/mol. The van der Waals surface area contributed by atoms with E-state index in [0.29, 0.717) is 19.4 Å². The second kappa shape index (κ2) is 4.85. The summed E-state index contributed by atoms with van der Waals surface area (Å²) in [7, 11) is -5.93. The summed E-state index contributed by atoms with van der Waals surface area (Å²) in [4.78, 5) is 0. The van der Waals surface area contributed by atoms with Crippen molar-refractivity contribution in [1.82, 2.24) is 14.1 Å². The van der Waals surface area contributed by atoms with E-state index in [9.17, 15) is 16.8 Å². The number of nitrogens with two attached hydrogens (primary N) is 1. The number of aryl methyl sites for hydroxylation is 1. The van der Waals surface area contributed by atoms with Crippen LogP contribution in [0.3, 0.4) is 0 Å². The molecule has 0 aromatic carbocycles. The standard InChI is InChI=1S/C9H16N4O4S2/c1-12-9(4-5-11-12)19(16,17)13-6-2-3-8(7-13)18(10,14)15/h4-5,8H,2-3,6-7H2,1H3,(H2,10,14,15). The van der Waals surface area contributed by atoms with E-state index in [-0.39, 0.29) is 11.6 Å². The molecule has 1 saturated heterocycles. The van der Waals surface area contributed by atoms with E-state index in [4.69, 9.17) is 5.14 Å². The Balaban J connectivity index is 2.30. The summed E-state index contributed by atoms with van der Waals surface area (Å²) >= 11 is 0. The lowest BCUT2D eigenvalue weighted by molar-refractivity contribution is 0.343. The molecule has 2 heterocycles. The molecule has 0 spiro atoms. The molecule has 0 bridgehead atoms. The minimum absolute atomic E-state index is 0.0440. The zero-order valence-electron chi connectivity index (χ0n) is 10.4. The quantitative estimate of drug-likeness (QED) is 0.758. The van der Waals surface area contributed by atoms with Gasteiger partial charge in [-0.25, -0.2) is 22.0 Å². The van der Waals surface area contributed by atoms with Gasteiger partial charge in [0.1, 0.15) is 0 Å². The maximum atomic E-state index is 12.4. The number of hydrogen-bond donors (Lipinski definition) is 1. The molecule has 108 valence electrons. The van der Waals surface area contributed by atoms with Gasteiger partial charge in [-0.2, -0.15) is 9.40 Å². The minimum Gasteiger partial charge on any atom is -0.256 e. The molecule has 1 unspecified atom stereocenters. The summed E-state index contributed by atoms with van der Waals surface area (Å²) in [5.74, 6) is 0. The molecule has 1 aromatic heterocycles. The van der Waals surface area contributed by atoms with E-state index in [2.05, 4.69) is 5.10 Å². The Kier molecular flexibility index (Phi) is 3.69.